The molecule has 2 aromatic carbocycles. The summed E-state index contributed by atoms with van der Waals surface area (Å²) in [7, 11) is 0. The van der Waals surface area contributed by atoms with E-state index in [9.17, 15) is 18.0 Å². The van der Waals surface area contributed by atoms with Gasteiger partial charge in [-0.25, -0.2) is 0 Å². The Morgan fingerprint density at radius 1 is 1.15 bits per heavy atom. The van der Waals surface area contributed by atoms with Crippen molar-refractivity contribution >= 4 is 40.9 Å². The van der Waals surface area contributed by atoms with Crippen LogP contribution in [-0.2, 0) is 15.7 Å². The smallest absolute Gasteiger partial charge is 0.452 e. The number of nitrogens with zero attached hydrogens (tertiary/aromatic N) is 3. The minimum atomic E-state index is -4.76. The van der Waals surface area contributed by atoms with E-state index in [1.54, 1.807) is 44.2 Å². The molecular formula is C22H18Cl2F3N3O2S. The van der Waals surface area contributed by atoms with Crippen LogP contribution in [0.15, 0.2) is 42.5 Å². The lowest BCUT2D eigenvalue weighted by Crippen LogP contribution is -2.18. The van der Waals surface area contributed by atoms with Gasteiger partial charge in [0.2, 0.25) is 5.82 Å². The van der Waals surface area contributed by atoms with Crippen LogP contribution in [0.2, 0.25) is 10.0 Å². The van der Waals surface area contributed by atoms with Crippen LogP contribution in [0.4, 0.5) is 13.2 Å². The molecule has 0 aliphatic carbocycles. The maximum absolute atomic E-state index is 13.9. The van der Waals surface area contributed by atoms with Crippen molar-refractivity contribution in [2.45, 2.75) is 43.0 Å². The van der Waals surface area contributed by atoms with Gasteiger partial charge in [0.15, 0.2) is 5.82 Å². The molecule has 0 spiro atoms. The maximum atomic E-state index is 13.9. The number of fused-ring (bicyclic) bond motifs is 3. The summed E-state index contributed by atoms with van der Waals surface area (Å²) >= 11 is 14.0. The lowest BCUT2D eigenvalue weighted by Gasteiger charge is -2.22. The molecule has 0 fully saturated rings. The fourth-order valence-electron chi connectivity index (χ4n) is 3.69. The Kier molecular flexibility index (Phi) is 6.66. The van der Waals surface area contributed by atoms with Gasteiger partial charge < -0.3 is 4.74 Å². The molecule has 4 rings (SSSR count). The lowest BCUT2D eigenvalue weighted by atomic mass is 10.0. The molecule has 11 heteroatoms. The summed E-state index contributed by atoms with van der Waals surface area (Å²) < 4.78 is 47.9. The molecule has 1 aliphatic rings. The monoisotopic (exact) mass is 515 g/mol. The summed E-state index contributed by atoms with van der Waals surface area (Å²) in [6.07, 6.45) is -5.33. The van der Waals surface area contributed by atoms with Gasteiger partial charge in [-0.05, 0) is 49.2 Å². The maximum Gasteiger partial charge on any atom is 0.452 e. The van der Waals surface area contributed by atoms with Gasteiger partial charge in [-0.2, -0.15) is 13.2 Å². The summed E-state index contributed by atoms with van der Waals surface area (Å²) in [6, 6.07) is 11.7. The van der Waals surface area contributed by atoms with E-state index in [4.69, 9.17) is 27.9 Å². The molecule has 1 aromatic heterocycles. The zero-order valence-electron chi connectivity index (χ0n) is 17.4. The first kappa shape index (κ1) is 23.9. The van der Waals surface area contributed by atoms with Crippen LogP contribution in [0, 0.1) is 0 Å². The third kappa shape index (κ3) is 4.85. The number of benzene rings is 2. The van der Waals surface area contributed by atoms with E-state index in [-0.39, 0.29) is 24.0 Å². The Labute approximate surface area is 202 Å². The number of hydrogen-bond acceptors (Lipinski definition) is 5. The Hall–Kier alpha value is -2.23. The second-order valence-electron chi connectivity index (χ2n) is 7.69. The van der Waals surface area contributed by atoms with Gasteiger partial charge in [-0.3, -0.25) is 9.36 Å². The largest absolute Gasteiger partial charge is 0.463 e. The van der Waals surface area contributed by atoms with Crippen molar-refractivity contribution in [1.82, 2.24) is 14.8 Å². The molecular weight excluding hydrogens is 498 g/mol. The summed E-state index contributed by atoms with van der Waals surface area (Å²) in [6.45, 7) is 3.40. The zero-order chi connectivity index (χ0) is 23.9. The van der Waals surface area contributed by atoms with Gasteiger partial charge in [0.25, 0.3) is 0 Å². The number of rotatable bonds is 4. The van der Waals surface area contributed by atoms with Gasteiger partial charge in [0.1, 0.15) is 0 Å². The van der Waals surface area contributed by atoms with Crippen LogP contribution >= 0.6 is 35.0 Å². The first-order valence-corrected chi connectivity index (χ1v) is 11.7. The Morgan fingerprint density at radius 3 is 2.55 bits per heavy atom. The van der Waals surface area contributed by atoms with E-state index < -0.39 is 28.5 Å². The molecule has 2 atom stereocenters. The summed E-state index contributed by atoms with van der Waals surface area (Å²) in [5.74, 6) is -1.72. The number of halogens is 5. The van der Waals surface area contributed by atoms with Gasteiger partial charge in [0.05, 0.1) is 28.7 Å². The molecule has 33 heavy (non-hydrogen) atoms. The van der Waals surface area contributed by atoms with Crippen molar-refractivity contribution < 1.29 is 22.7 Å². The van der Waals surface area contributed by atoms with Crippen molar-refractivity contribution in [2.75, 3.05) is 0 Å². The summed E-state index contributed by atoms with van der Waals surface area (Å²) in [5.41, 5.74) is 1.41. The van der Waals surface area contributed by atoms with E-state index in [1.807, 2.05) is 0 Å². The van der Waals surface area contributed by atoms with Crippen molar-refractivity contribution in [3.05, 3.63) is 75.3 Å². The topological polar surface area (TPSA) is 57.0 Å². The lowest BCUT2D eigenvalue weighted by molar-refractivity contribution is -0.147. The minimum absolute atomic E-state index is 0.00570. The number of carbonyl (C=O) groups excluding carboxylic acids is 1. The molecule has 1 aliphatic heterocycles. The van der Waals surface area contributed by atoms with Gasteiger partial charge in [0, 0.05) is 10.0 Å². The highest BCUT2D eigenvalue weighted by Gasteiger charge is 2.43. The van der Waals surface area contributed by atoms with Gasteiger partial charge in [-0.1, -0.05) is 41.4 Å². The number of aromatic nitrogens is 3. The zero-order valence-corrected chi connectivity index (χ0v) is 19.8. The molecule has 3 aromatic rings. The van der Waals surface area contributed by atoms with Crippen LogP contribution in [-0.4, -0.2) is 26.8 Å². The Morgan fingerprint density at radius 2 is 1.88 bits per heavy atom. The quantitative estimate of drug-likeness (QED) is 0.357. The van der Waals surface area contributed by atoms with Gasteiger partial charge in [-0.15, -0.1) is 22.0 Å². The Balaban J connectivity index is 1.95. The standard InChI is InChI=1S/C22H18Cl2F3N3O2S/c1-11(2)32-18(31)10-17-20-28-29-21(22(25,26)27)30(20)16-8-7-12(23)9-14(16)19(33-17)13-5-3-4-6-15(13)24/h3-9,11,17,19H,10H2,1-2H3/t17-,19-/m0/s1. The van der Waals surface area contributed by atoms with E-state index in [2.05, 4.69) is 10.2 Å². The number of carbonyl (C=O) groups is 1. The van der Waals surface area contributed by atoms with Crippen molar-refractivity contribution in [3.63, 3.8) is 0 Å². The molecule has 0 radical (unpaired) electrons. The highest BCUT2D eigenvalue weighted by Crippen LogP contribution is 2.53. The minimum Gasteiger partial charge on any atom is -0.463 e. The van der Waals surface area contributed by atoms with Crippen molar-refractivity contribution in [1.29, 1.82) is 0 Å². The average Bonchev–Trinajstić information content (AvgIpc) is 3.12. The van der Waals surface area contributed by atoms with E-state index >= 15 is 0 Å². The molecule has 0 bridgehead atoms. The van der Waals surface area contributed by atoms with Gasteiger partial charge >= 0.3 is 12.1 Å². The fraction of sp³-hybridized carbons (Fsp3) is 0.318. The van der Waals surface area contributed by atoms with Crippen LogP contribution in [0.3, 0.4) is 0 Å². The summed E-state index contributed by atoms with van der Waals surface area (Å²) in [5, 5.41) is 6.79. The highest BCUT2D eigenvalue weighted by molar-refractivity contribution is 8.00. The molecule has 0 saturated carbocycles. The predicted molar refractivity (Wildman–Crippen MR) is 121 cm³/mol. The second kappa shape index (κ2) is 9.19. The highest BCUT2D eigenvalue weighted by atomic mass is 35.5. The van der Waals surface area contributed by atoms with Crippen molar-refractivity contribution in [3.8, 4) is 5.69 Å². The SMILES string of the molecule is CC(C)OC(=O)C[C@@H]1S[C@@H](c2ccccc2Cl)c2cc(Cl)ccc2-n2c1nnc2C(F)(F)F. The number of hydrogen-bond donors (Lipinski definition) is 0. The van der Waals surface area contributed by atoms with E-state index in [0.29, 0.717) is 21.2 Å². The molecule has 0 saturated heterocycles. The van der Waals surface area contributed by atoms with Crippen LogP contribution in [0.25, 0.3) is 5.69 Å². The first-order chi connectivity index (χ1) is 15.6. The number of thioether (sulfide) groups is 1. The fourth-order valence-corrected chi connectivity index (χ4v) is 5.71. The Bertz CT molecular complexity index is 1200. The normalized spacial score (nSPS) is 17.9. The first-order valence-electron chi connectivity index (χ1n) is 9.98. The predicted octanol–water partition coefficient (Wildman–Crippen LogP) is 6.81. The third-order valence-corrected chi connectivity index (χ3v) is 7.02. The molecule has 174 valence electrons. The van der Waals surface area contributed by atoms with Crippen LogP contribution in [0.1, 0.15) is 53.5 Å². The molecule has 5 nitrogen and oxygen atoms in total. The number of alkyl halides is 3. The molecule has 0 amide bonds. The third-order valence-electron chi connectivity index (χ3n) is 4.95. The van der Waals surface area contributed by atoms with Crippen LogP contribution in [0.5, 0.6) is 0 Å². The van der Waals surface area contributed by atoms with E-state index in [0.717, 1.165) is 4.57 Å². The molecule has 0 N–H and O–H groups in total. The average molecular weight is 516 g/mol. The number of esters is 1. The van der Waals surface area contributed by atoms with Crippen LogP contribution < -0.4 is 0 Å². The van der Waals surface area contributed by atoms with E-state index in [1.165, 1.54) is 23.9 Å². The molecule has 0 unspecified atom stereocenters. The molecule has 2 heterocycles. The van der Waals surface area contributed by atoms with Crippen molar-refractivity contribution in [2.24, 2.45) is 0 Å². The number of ether oxygens (including phenoxy) is 1. The summed E-state index contributed by atoms with van der Waals surface area (Å²) in [4.78, 5) is 12.5. The second-order valence-corrected chi connectivity index (χ2v) is 9.84.